The summed E-state index contributed by atoms with van der Waals surface area (Å²) in [6.07, 6.45) is 4.50. The van der Waals surface area contributed by atoms with Crippen molar-refractivity contribution in [3.63, 3.8) is 0 Å². The fourth-order valence-corrected chi connectivity index (χ4v) is 1.75. The molecule has 0 aliphatic carbocycles. The highest BCUT2D eigenvalue weighted by Crippen LogP contribution is 2.10. The van der Waals surface area contributed by atoms with Crippen LogP contribution in [-0.4, -0.2) is 13.1 Å². The van der Waals surface area contributed by atoms with Crippen LogP contribution in [-0.2, 0) is 6.42 Å². The maximum Gasteiger partial charge on any atom is 0.123 e. The molecule has 1 aromatic rings. The summed E-state index contributed by atoms with van der Waals surface area (Å²) in [5, 5.41) is 3.28. The van der Waals surface area contributed by atoms with Crippen molar-refractivity contribution in [3.8, 4) is 0 Å². The third-order valence-corrected chi connectivity index (χ3v) is 2.69. The summed E-state index contributed by atoms with van der Waals surface area (Å²) in [6, 6.07) is 7.34. The van der Waals surface area contributed by atoms with Gasteiger partial charge >= 0.3 is 0 Å². The number of rotatable bonds is 6. The standard InChI is InChI=1S/C13H20FN/c1-3-4-8-13(15-2)10-11-6-5-7-12(14)9-11/h5-7,9,13,15H,3-4,8,10H2,1-2H3. The van der Waals surface area contributed by atoms with Gasteiger partial charge in [0.25, 0.3) is 0 Å². The fraction of sp³-hybridized carbons (Fsp3) is 0.538. The first kappa shape index (κ1) is 12.2. The predicted octanol–water partition coefficient (Wildman–Crippen LogP) is 3.15. The molecule has 1 aromatic carbocycles. The lowest BCUT2D eigenvalue weighted by molar-refractivity contribution is 0.497. The average molecular weight is 209 g/mol. The Morgan fingerprint density at radius 3 is 2.80 bits per heavy atom. The number of unbranched alkanes of at least 4 members (excludes halogenated alkanes) is 1. The topological polar surface area (TPSA) is 12.0 Å². The summed E-state index contributed by atoms with van der Waals surface area (Å²) in [5.74, 6) is -0.141. The zero-order chi connectivity index (χ0) is 11.1. The molecule has 1 nitrogen and oxygen atoms in total. The van der Waals surface area contributed by atoms with Gasteiger partial charge in [0.15, 0.2) is 0 Å². The Kier molecular flexibility index (Phi) is 5.33. The van der Waals surface area contributed by atoms with Crippen molar-refractivity contribution in [1.82, 2.24) is 5.32 Å². The van der Waals surface area contributed by atoms with Crippen LogP contribution >= 0.6 is 0 Å². The molecule has 1 rings (SSSR count). The first-order valence-corrected chi connectivity index (χ1v) is 5.68. The monoisotopic (exact) mass is 209 g/mol. The van der Waals surface area contributed by atoms with Crippen molar-refractivity contribution in [2.45, 2.75) is 38.6 Å². The van der Waals surface area contributed by atoms with Gasteiger partial charge in [-0.25, -0.2) is 4.39 Å². The van der Waals surface area contributed by atoms with Gasteiger partial charge in [0.2, 0.25) is 0 Å². The van der Waals surface area contributed by atoms with E-state index >= 15 is 0 Å². The molecular formula is C13H20FN. The molecule has 0 aliphatic heterocycles. The molecule has 1 N–H and O–H groups in total. The summed E-state index contributed by atoms with van der Waals surface area (Å²) in [6.45, 7) is 2.19. The van der Waals surface area contributed by atoms with Gasteiger partial charge in [0.1, 0.15) is 5.82 Å². The minimum Gasteiger partial charge on any atom is -0.317 e. The van der Waals surface area contributed by atoms with Crippen molar-refractivity contribution in [3.05, 3.63) is 35.6 Å². The molecule has 84 valence electrons. The average Bonchev–Trinajstić information content (AvgIpc) is 2.24. The molecule has 0 heterocycles. The Bertz CT molecular complexity index is 286. The Morgan fingerprint density at radius 1 is 1.40 bits per heavy atom. The minimum atomic E-state index is -0.141. The molecule has 0 saturated carbocycles. The maximum atomic E-state index is 13.0. The van der Waals surface area contributed by atoms with Crippen LogP contribution in [0, 0.1) is 5.82 Å². The summed E-state index contributed by atoms with van der Waals surface area (Å²) >= 11 is 0. The minimum absolute atomic E-state index is 0.141. The van der Waals surface area contributed by atoms with E-state index in [1.165, 1.54) is 18.9 Å². The molecule has 15 heavy (non-hydrogen) atoms. The third kappa shape index (κ3) is 4.43. The van der Waals surface area contributed by atoms with Crippen molar-refractivity contribution in [2.75, 3.05) is 7.05 Å². The van der Waals surface area contributed by atoms with E-state index in [2.05, 4.69) is 12.2 Å². The molecule has 0 amide bonds. The largest absolute Gasteiger partial charge is 0.317 e. The Morgan fingerprint density at radius 2 is 2.20 bits per heavy atom. The van der Waals surface area contributed by atoms with Gasteiger partial charge in [-0.1, -0.05) is 31.9 Å². The highest BCUT2D eigenvalue weighted by atomic mass is 19.1. The molecule has 2 heteroatoms. The van der Waals surface area contributed by atoms with Crippen molar-refractivity contribution in [2.24, 2.45) is 0 Å². The van der Waals surface area contributed by atoms with Crippen LogP contribution in [0.2, 0.25) is 0 Å². The van der Waals surface area contributed by atoms with Crippen LogP contribution < -0.4 is 5.32 Å². The smallest absolute Gasteiger partial charge is 0.123 e. The van der Waals surface area contributed by atoms with Crippen LogP contribution in [0.4, 0.5) is 4.39 Å². The lowest BCUT2D eigenvalue weighted by Crippen LogP contribution is -2.27. The molecule has 1 atom stereocenters. The second-order valence-corrected chi connectivity index (χ2v) is 3.96. The first-order chi connectivity index (χ1) is 7.26. The normalized spacial score (nSPS) is 12.7. The predicted molar refractivity (Wildman–Crippen MR) is 62.5 cm³/mol. The van der Waals surface area contributed by atoms with Crippen LogP contribution in [0.1, 0.15) is 31.7 Å². The van der Waals surface area contributed by atoms with Gasteiger partial charge in [-0.2, -0.15) is 0 Å². The van der Waals surface area contributed by atoms with Gasteiger partial charge in [0.05, 0.1) is 0 Å². The first-order valence-electron chi connectivity index (χ1n) is 5.68. The van der Waals surface area contributed by atoms with E-state index in [0.29, 0.717) is 6.04 Å². The molecular weight excluding hydrogens is 189 g/mol. The van der Waals surface area contributed by atoms with E-state index in [4.69, 9.17) is 0 Å². The number of halogens is 1. The number of hydrogen-bond acceptors (Lipinski definition) is 1. The number of nitrogens with one attached hydrogen (secondary N) is 1. The Balaban J connectivity index is 2.50. The van der Waals surface area contributed by atoms with E-state index in [-0.39, 0.29) is 5.82 Å². The molecule has 0 aromatic heterocycles. The van der Waals surface area contributed by atoms with Gasteiger partial charge in [0, 0.05) is 6.04 Å². The van der Waals surface area contributed by atoms with Crippen molar-refractivity contribution < 1.29 is 4.39 Å². The van der Waals surface area contributed by atoms with E-state index in [9.17, 15) is 4.39 Å². The lowest BCUT2D eigenvalue weighted by Gasteiger charge is -2.15. The van der Waals surface area contributed by atoms with Crippen molar-refractivity contribution in [1.29, 1.82) is 0 Å². The molecule has 0 aliphatic rings. The van der Waals surface area contributed by atoms with E-state index in [0.717, 1.165) is 18.4 Å². The zero-order valence-electron chi connectivity index (χ0n) is 9.59. The molecule has 0 spiro atoms. The summed E-state index contributed by atoms with van der Waals surface area (Å²) in [7, 11) is 1.97. The quantitative estimate of drug-likeness (QED) is 0.759. The third-order valence-electron chi connectivity index (χ3n) is 2.69. The maximum absolute atomic E-state index is 13.0. The second kappa shape index (κ2) is 6.57. The molecule has 0 bridgehead atoms. The summed E-state index contributed by atoms with van der Waals surface area (Å²) < 4.78 is 13.0. The second-order valence-electron chi connectivity index (χ2n) is 3.96. The van der Waals surface area contributed by atoms with Gasteiger partial charge in [-0.3, -0.25) is 0 Å². The van der Waals surface area contributed by atoms with Gasteiger partial charge < -0.3 is 5.32 Å². The van der Waals surface area contributed by atoms with Crippen LogP contribution in [0.3, 0.4) is 0 Å². The summed E-state index contributed by atoms with van der Waals surface area (Å²) in [5.41, 5.74) is 1.07. The fourth-order valence-electron chi connectivity index (χ4n) is 1.75. The highest BCUT2D eigenvalue weighted by Gasteiger charge is 2.06. The van der Waals surface area contributed by atoms with Crippen LogP contribution in [0.25, 0.3) is 0 Å². The number of hydrogen-bond donors (Lipinski definition) is 1. The zero-order valence-corrected chi connectivity index (χ0v) is 9.59. The number of likely N-dealkylation sites (N-methyl/N-ethyl adjacent to an activating group) is 1. The van der Waals surface area contributed by atoms with Gasteiger partial charge in [-0.15, -0.1) is 0 Å². The van der Waals surface area contributed by atoms with Crippen molar-refractivity contribution >= 4 is 0 Å². The highest BCUT2D eigenvalue weighted by molar-refractivity contribution is 5.17. The van der Waals surface area contributed by atoms with Crippen LogP contribution in [0.5, 0.6) is 0 Å². The van der Waals surface area contributed by atoms with E-state index in [1.54, 1.807) is 12.1 Å². The van der Waals surface area contributed by atoms with Crippen LogP contribution in [0.15, 0.2) is 24.3 Å². The molecule has 1 unspecified atom stereocenters. The summed E-state index contributed by atoms with van der Waals surface area (Å²) in [4.78, 5) is 0. The number of benzene rings is 1. The lowest BCUT2D eigenvalue weighted by atomic mass is 10.0. The van der Waals surface area contributed by atoms with E-state index in [1.807, 2.05) is 13.1 Å². The Labute approximate surface area is 91.7 Å². The molecule has 0 saturated heterocycles. The molecule has 0 radical (unpaired) electrons. The van der Waals surface area contributed by atoms with E-state index < -0.39 is 0 Å². The Hall–Kier alpha value is -0.890. The van der Waals surface area contributed by atoms with Gasteiger partial charge in [-0.05, 0) is 37.6 Å². The molecule has 0 fully saturated rings. The SMILES string of the molecule is CCCCC(Cc1cccc(F)c1)NC.